The van der Waals surface area contributed by atoms with E-state index in [-0.39, 0.29) is 16.8 Å². The van der Waals surface area contributed by atoms with Gasteiger partial charge in [0.1, 0.15) is 5.75 Å². The van der Waals surface area contributed by atoms with Crippen molar-refractivity contribution in [1.29, 1.82) is 0 Å². The van der Waals surface area contributed by atoms with E-state index in [9.17, 15) is 13.2 Å². The zero-order valence-corrected chi connectivity index (χ0v) is 9.89. The number of aliphatic hydroxyl groups is 1. The summed E-state index contributed by atoms with van der Waals surface area (Å²) in [6.45, 7) is 1.54. The fraction of sp³-hybridized carbons (Fsp3) is 0.300. The van der Waals surface area contributed by atoms with E-state index in [0.717, 1.165) is 0 Å². The highest BCUT2D eigenvalue weighted by molar-refractivity contribution is 9.10. The summed E-state index contributed by atoms with van der Waals surface area (Å²) >= 11 is 2.98. The molecule has 0 spiro atoms. The standard InChI is InChI=1S/C10H9BrF3O2/c1-6(5-15)7-2-3-9(8(11)4-7)16-10(12,13)14/h2-4,15H,5H2,1H3. The van der Waals surface area contributed by atoms with E-state index in [1.807, 2.05) is 0 Å². The summed E-state index contributed by atoms with van der Waals surface area (Å²) in [6.07, 6.45) is -4.71. The Labute approximate surface area is 99.2 Å². The van der Waals surface area contributed by atoms with Crippen molar-refractivity contribution in [2.24, 2.45) is 0 Å². The molecule has 1 aromatic rings. The predicted octanol–water partition coefficient (Wildman–Crippen LogP) is 3.28. The van der Waals surface area contributed by atoms with Crippen molar-refractivity contribution in [1.82, 2.24) is 0 Å². The van der Waals surface area contributed by atoms with Crippen LogP contribution < -0.4 is 4.74 Å². The van der Waals surface area contributed by atoms with Gasteiger partial charge in [-0.25, -0.2) is 0 Å². The van der Waals surface area contributed by atoms with Gasteiger partial charge in [0, 0.05) is 5.92 Å². The van der Waals surface area contributed by atoms with Crippen molar-refractivity contribution in [2.75, 3.05) is 6.61 Å². The number of ether oxygens (including phenoxy) is 1. The van der Waals surface area contributed by atoms with E-state index in [2.05, 4.69) is 20.7 Å². The first-order valence-corrected chi connectivity index (χ1v) is 5.11. The lowest BCUT2D eigenvalue weighted by Gasteiger charge is -2.13. The van der Waals surface area contributed by atoms with Crippen LogP contribution in [0.15, 0.2) is 22.7 Å². The summed E-state index contributed by atoms with van der Waals surface area (Å²) in [4.78, 5) is 0. The highest BCUT2D eigenvalue weighted by Crippen LogP contribution is 2.32. The Hall–Kier alpha value is -0.750. The first-order valence-electron chi connectivity index (χ1n) is 4.32. The number of alkyl halides is 3. The molecule has 1 aromatic carbocycles. The molecule has 0 amide bonds. The SMILES string of the molecule is C[C](CO)c1ccc(OC(F)(F)F)c(Br)c1. The number of benzene rings is 1. The second-order valence-corrected chi connectivity index (χ2v) is 3.99. The number of halogens is 4. The Morgan fingerprint density at radius 2 is 2.06 bits per heavy atom. The lowest BCUT2D eigenvalue weighted by Crippen LogP contribution is -2.17. The maximum atomic E-state index is 12.0. The number of hydrogen-bond acceptors (Lipinski definition) is 2. The van der Waals surface area contributed by atoms with Gasteiger partial charge >= 0.3 is 6.36 Å². The molecule has 0 heterocycles. The smallest absolute Gasteiger partial charge is 0.405 e. The van der Waals surface area contributed by atoms with Crippen LogP contribution in [0.5, 0.6) is 5.75 Å². The van der Waals surface area contributed by atoms with E-state index in [1.165, 1.54) is 18.2 Å². The highest BCUT2D eigenvalue weighted by atomic mass is 79.9. The first kappa shape index (κ1) is 13.3. The Bertz CT molecular complexity index is 366. The predicted molar refractivity (Wildman–Crippen MR) is 55.9 cm³/mol. The van der Waals surface area contributed by atoms with Crippen LogP contribution in [0.1, 0.15) is 12.5 Å². The van der Waals surface area contributed by atoms with Gasteiger partial charge in [0.2, 0.25) is 0 Å². The third-order valence-corrected chi connectivity index (χ3v) is 2.51. The average molecular weight is 298 g/mol. The molecule has 0 saturated heterocycles. The van der Waals surface area contributed by atoms with Crippen molar-refractivity contribution in [3.63, 3.8) is 0 Å². The van der Waals surface area contributed by atoms with E-state index in [1.54, 1.807) is 6.92 Å². The molecule has 1 N–H and O–H groups in total. The van der Waals surface area contributed by atoms with Crippen LogP contribution in [-0.4, -0.2) is 18.1 Å². The normalized spacial score (nSPS) is 11.9. The lowest BCUT2D eigenvalue weighted by molar-refractivity contribution is -0.274. The molecule has 0 aliphatic carbocycles. The average Bonchev–Trinajstić information content (AvgIpc) is 2.18. The van der Waals surface area contributed by atoms with Gasteiger partial charge in [0.05, 0.1) is 11.1 Å². The molecule has 0 bridgehead atoms. The van der Waals surface area contributed by atoms with Crippen molar-refractivity contribution in [3.05, 3.63) is 34.2 Å². The van der Waals surface area contributed by atoms with Crippen LogP contribution >= 0.6 is 15.9 Å². The third-order valence-electron chi connectivity index (χ3n) is 1.89. The topological polar surface area (TPSA) is 29.5 Å². The molecule has 1 radical (unpaired) electrons. The zero-order chi connectivity index (χ0) is 12.3. The van der Waals surface area contributed by atoms with Crippen molar-refractivity contribution >= 4 is 15.9 Å². The Balaban J connectivity index is 2.92. The van der Waals surface area contributed by atoms with Gasteiger partial charge < -0.3 is 9.84 Å². The van der Waals surface area contributed by atoms with Crippen molar-refractivity contribution in [3.8, 4) is 5.75 Å². The summed E-state index contributed by atoms with van der Waals surface area (Å²) < 4.78 is 39.8. The van der Waals surface area contributed by atoms with Crippen LogP contribution in [0.2, 0.25) is 0 Å². The summed E-state index contributed by atoms with van der Waals surface area (Å²) in [5.74, 6) is 0.362. The summed E-state index contributed by atoms with van der Waals surface area (Å²) in [7, 11) is 0. The molecule has 89 valence electrons. The molecular weight excluding hydrogens is 289 g/mol. The third kappa shape index (κ3) is 3.68. The maximum absolute atomic E-state index is 12.0. The van der Waals surface area contributed by atoms with Gasteiger partial charge in [-0.1, -0.05) is 13.0 Å². The van der Waals surface area contributed by atoms with Crippen LogP contribution in [0.3, 0.4) is 0 Å². The fourth-order valence-corrected chi connectivity index (χ4v) is 1.52. The van der Waals surface area contributed by atoms with Crippen molar-refractivity contribution < 1.29 is 23.0 Å². The van der Waals surface area contributed by atoms with Crippen LogP contribution in [-0.2, 0) is 0 Å². The Morgan fingerprint density at radius 3 is 2.50 bits per heavy atom. The minimum Gasteiger partial charge on any atom is -0.405 e. The van der Waals surface area contributed by atoms with Gasteiger partial charge in [0.15, 0.2) is 0 Å². The van der Waals surface area contributed by atoms with Crippen LogP contribution in [0.4, 0.5) is 13.2 Å². The second kappa shape index (κ2) is 5.05. The molecule has 0 atom stereocenters. The first-order chi connectivity index (χ1) is 7.33. The molecule has 0 fully saturated rings. The monoisotopic (exact) mass is 297 g/mol. The molecule has 0 unspecified atom stereocenters. The Morgan fingerprint density at radius 1 is 1.44 bits per heavy atom. The van der Waals surface area contributed by atoms with E-state index >= 15 is 0 Å². The summed E-state index contributed by atoms with van der Waals surface area (Å²) in [6, 6.07) is 4.12. The molecule has 2 nitrogen and oxygen atoms in total. The molecule has 16 heavy (non-hydrogen) atoms. The Kier molecular flexibility index (Phi) is 4.21. The summed E-state index contributed by atoms with van der Waals surface area (Å²) in [5, 5.41) is 8.87. The van der Waals surface area contributed by atoms with Gasteiger partial charge in [-0.3, -0.25) is 0 Å². The maximum Gasteiger partial charge on any atom is 0.573 e. The van der Waals surface area contributed by atoms with Crippen LogP contribution in [0.25, 0.3) is 0 Å². The zero-order valence-electron chi connectivity index (χ0n) is 8.31. The largest absolute Gasteiger partial charge is 0.573 e. The van der Waals surface area contributed by atoms with Gasteiger partial charge in [-0.15, -0.1) is 13.2 Å². The minimum absolute atomic E-state index is 0.147. The molecular formula is C10H9BrF3O2. The number of hydrogen-bond donors (Lipinski definition) is 1. The highest BCUT2D eigenvalue weighted by Gasteiger charge is 2.32. The van der Waals surface area contributed by atoms with Gasteiger partial charge in [0.25, 0.3) is 0 Å². The molecule has 0 saturated carbocycles. The molecule has 0 aliphatic heterocycles. The van der Waals surface area contributed by atoms with E-state index < -0.39 is 6.36 Å². The van der Waals surface area contributed by atoms with Gasteiger partial charge in [-0.2, -0.15) is 0 Å². The quantitative estimate of drug-likeness (QED) is 0.928. The van der Waals surface area contributed by atoms with Crippen molar-refractivity contribution in [2.45, 2.75) is 13.3 Å². The number of aliphatic hydroxyl groups excluding tert-OH is 1. The lowest BCUT2D eigenvalue weighted by atomic mass is 10.0. The van der Waals surface area contributed by atoms with E-state index in [4.69, 9.17) is 5.11 Å². The minimum atomic E-state index is -4.71. The van der Waals surface area contributed by atoms with Gasteiger partial charge in [-0.05, 0) is 33.6 Å². The molecule has 0 aliphatic rings. The van der Waals surface area contributed by atoms with E-state index in [0.29, 0.717) is 11.5 Å². The number of rotatable bonds is 3. The fourth-order valence-electron chi connectivity index (χ4n) is 1.07. The van der Waals surface area contributed by atoms with Crippen LogP contribution in [0, 0.1) is 5.92 Å². The molecule has 1 rings (SSSR count). The molecule has 6 heteroatoms. The molecule has 0 aromatic heterocycles. The summed E-state index contributed by atoms with van der Waals surface area (Å²) in [5.41, 5.74) is 0.656. The second-order valence-electron chi connectivity index (χ2n) is 3.13.